The van der Waals surface area contributed by atoms with Crippen LogP contribution < -0.4 is 5.32 Å². The van der Waals surface area contributed by atoms with Gasteiger partial charge in [0.15, 0.2) is 0 Å². The van der Waals surface area contributed by atoms with Crippen LogP contribution in [0.15, 0.2) is 42.5 Å². The topological polar surface area (TPSA) is 66.4 Å². The van der Waals surface area contributed by atoms with Crippen molar-refractivity contribution < 1.29 is 19.1 Å². The zero-order chi connectivity index (χ0) is 14.7. The molecular weight excluding hydrogens is 285 g/mol. The first-order valence-corrected chi connectivity index (χ1v) is 5.96. The van der Waals surface area contributed by atoms with E-state index in [4.69, 9.17) is 16.7 Å². The second-order valence-corrected chi connectivity index (χ2v) is 4.31. The predicted molar refractivity (Wildman–Crippen MR) is 72.8 cm³/mol. The average molecular weight is 294 g/mol. The van der Waals surface area contributed by atoms with Crippen molar-refractivity contribution in [3.8, 4) is 0 Å². The summed E-state index contributed by atoms with van der Waals surface area (Å²) in [6.45, 7) is 0. The number of anilines is 1. The number of nitrogens with one attached hydrogen (secondary N) is 1. The number of amides is 1. The molecule has 0 heterocycles. The fourth-order valence-electron chi connectivity index (χ4n) is 1.68. The van der Waals surface area contributed by atoms with Gasteiger partial charge in [-0.15, -0.1) is 0 Å². The molecule has 0 aliphatic rings. The quantitative estimate of drug-likeness (QED) is 0.911. The standard InChI is InChI=1S/C14H9ClFNO3/c15-9-5-3-7-11(12(9)14(19)20)17-13(18)8-4-1-2-6-10(8)16/h1-7H,(H,17,18)(H,19,20). The third-order valence-corrected chi connectivity index (χ3v) is 2.91. The number of aromatic carboxylic acids is 1. The Morgan fingerprint density at radius 3 is 2.45 bits per heavy atom. The molecule has 0 saturated heterocycles. The van der Waals surface area contributed by atoms with E-state index in [-0.39, 0.29) is 21.8 Å². The lowest BCUT2D eigenvalue weighted by atomic mass is 10.1. The van der Waals surface area contributed by atoms with Crippen molar-refractivity contribution in [1.29, 1.82) is 0 Å². The van der Waals surface area contributed by atoms with Crippen LogP contribution in [0.3, 0.4) is 0 Å². The van der Waals surface area contributed by atoms with Crippen LogP contribution in [0.1, 0.15) is 20.7 Å². The largest absolute Gasteiger partial charge is 0.478 e. The highest BCUT2D eigenvalue weighted by Gasteiger charge is 2.18. The van der Waals surface area contributed by atoms with E-state index in [0.717, 1.165) is 6.07 Å². The summed E-state index contributed by atoms with van der Waals surface area (Å²) in [5.74, 6) is -2.71. The molecule has 2 aromatic carbocycles. The van der Waals surface area contributed by atoms with Crippen LogP contribution in [0.5, 0.6) is 0 Å². The third kappa shape index (κ3) is 2.78. The highest BCUT2D eigenvalue weighted by Crippen LogP contribution is 2.25. The Labute approximate surface area is 118 Å². The van der Waals surface area contributed by atoms with E-state index in [1.807, 2.05) is 0 Å². The smallest absolute Gasteiger partial charge is 0.339 e. The third-order valence-electron chi connectivity index (χ3n) is 2.59. The van der Waals surface area contributed by atoms with E-state index in [0.29, 0.717) is 0 Å². The Bertz CT molecular complexity index is 688. The lowest BCUT2D eigenvalue weighted by Gasteiger charge is -2.10. The van der Waals surface area contributed by atoms with Gasteiger partial charge in [-0.25, -0.2) is 9.18 Å². The van der Waals surface area contributed by atoms with Gasteiger partial charge >= 0.3 is 5.97 Å². The number of halogens is 2. The van der Waals surface area contributed by atoms with Gasteiger partial charge in [0.05, 0.1) is 16.3 Å². The number of carboxylic acids is 1. The fourth-order valence-corrected chi connectivity index (χ4v) is 1.94. The van der Waals surface area contributed by atoms with Crippen molar-refractivity contribution in [2.45, 2.75) is 0 Å². The van der Waals surface area contributed by atoms with Crippen molar-refractivity contribution >= 4 is 29.2 Å². The van der Waals surface area contributed by atoms with Crippen LogP contribution in [0.2, 0.25) is 5.02 Å². The van der Waals surface area contributed by atoms with Crippen molar-refractivity contribution in [3.63, 3.8) is 0 Å². The summed E-state index contributed by atoms with van der Waals surface area (Å²) in [6, 6.07) is 9.67. The Morgan fingerprint density at radius 1 is 1.10 bits per heavy atom. The van der Waals surface area contributed by atoms with Gasteiger partial charge in [0.1, 0.15) is 11.4 Å². The molecular formula is C14H9ClFNO3. The zero-order valence-corrected chi connectivity index (χ0v) is 10.8. The molecule has 0 fully saturated rings. The second-order valence-electron chi connectivity index (χ2n) is 3.90. The number of carbonyl (C=O) groups is 2. The van der Waals surface area contributed by atoms with Crippen molar-refractivity contribution in [1.82, 2.24) is 0 Å². The van der Waals surface area contributed by atoms with E-state index in [1.54, 1.807) is 0 Å². The Morgan fingerprint density at radius 2 is 1.80 bits per heavy atom. The zero-order valence-electron chi connectivity index (χ0n) is 10.1. The molecule has 2 rings (SSSR count). The molecule has 0 aliphatic carbocycles. The van der Waals surface area contributed by atoms with E-state index in [1.165, 1.54) is 36.4 Å². The van der Waals surface area contributed by atoms with Crippen LogP contribution in [0.25, 0.3) is 0 Å². The van der Waals surface area contributed by atoms with Crippen molar-refractivity contribution in [2.24, 2.45) is 0 Å². The fraction of sp³-hybridized carbons (Fsp3) is 0. The van der Waals surface area contributed by atoms with E-state index >= 15 is 0 Å². The SMILES string of the molecule is O=C(Nc1cccc(Cl)c1C(=O)O)c1ccccc1F. The average Bonchev–Trinajstić information content (AvgIpc) is 2.38. The number of rotatable bonds is 3. The van der Waals surface area contributed by atoms with Gasteiger partial charge in [-0.05, 0) is 24.3 Å². The Balaban J connectivity index is 2.36. The summed E-state index contributed by atoms with van der Waals surface area (Å²) >= 11 is 5.78. The summed E-state index contributed by atoms with van der Waals surface area (Å²) < 4.78 is 13.5. The molecule has 0 atom stereocenters. The van der Waals surface area contributed by atoms with Crippen LogP contribution in [0, 0.1) is 5.82 Å². The molecule has 1 amide bonds. The lowest BCUT2D eigenvalue weighted by Crippen LogP contribution is -2.16. The summed E-state index contributed by atoms with van der Waals surface area (Å²) in [7, 11) is 0. The number of hydrogen-bond acceptors (Lipinski definition) is 2. The monoisotopic (exact) mass is 293 g/mol. The first-order valence-electron chi connectivity index (χ1n) is 5.58. The maximum Gasteiger partial charge on any atom is 0.339 e. The second kappa shape index (κ2) is 5.71. The molecule has 0 aromatic heterocycles. The van der Waals surface area contributed by atoms with Crippen LogP contribution >= 0.6 is 11.6 Å². The van der Waals surface area contributed by atoms with Crippen molar-refractivity contribution in [3.05, 3.63) is 64.4 Å². The molecule has 0 bridgehead atoms. The van der Waals surface area contributed by atoms with Gasteiger partial charge < -0.3 is 10.4 Å². The van der Waals surface area contributed by atoms with Crippen LogP contribution in [-0.2, 0) is 0 Å². The minimum absolute atomic E-state index is 0.0103. The first kappa shape index (κ1) is 14.0. The van der Waals surface area contributed by atoms with E-state index in [9.17, 15) is 14.0 Å². The highest BCUT2D eigenvalue weighted by molar-refractivity contribution is 6.34. The van der Waals surface area contributed by atoms with Gasteiger partial charge in [-0.1, -0.05) is 29.8 Å². The summed E-state index contributed by atoms with van der Waals surface area (Å²) in [4.78, 5) is 23.1. The van der Waals surface area contributed by atoms with Gasteiger partial charge in [0.2, 0.25) is 0 Å². The van der Waals surface area contributed by atoms with Gasteiger partial charge in [-0.3, -0.25) is 4.79 Å². The molecule has 4 nitrogen and oxygen atoms in total. The number of carbonyl (C=O) groups excluding carboxylic acids is 1. The Hall–Kier alpha value is -2.40. The summed E-state index contributed by atoms with van der Waals surface area (Å²) in [5, 5.41) is 11.4. The maximum atomic E-state index is 13.5. The highest BCUT2D eigenvalue weighted by atomic mass is 35.5. The number of benzene rings is 2. The van der Waals surface area contributed by atoms with E-state index < -0.39 is 17.7 Å². The molecule has 102 valence electrons. The molecule has 0 radical (unpaired) electrons. The lowest BCUT2D eigenvalue weighted by molar-refractivity contribution is 0.0698. The number of hydrogen-bond donors (Lipinski definition) is 2. The van der Waals surface area contributed by atoms with Crippen LogP contribution in [0.4, 0.5) is 10.1 Å². The molecule has 0 saturated carbocycles. The van der Waals surface area contributed by atoms with Crippen molar-refractivity contribution in [2.75, 3.05) is 5.32 Å². The van der Waals surface area contributed by atoms with Gasteiger partial charge in [-0.2, -0.15) is 0 Å². The minimum atomic E-state index is -1.28. The maximum absolute atomic E-state index is 13.5. The number of carboxylic acid groups (broad SMARTS) is 1. The predicted octanol–water partition coefficient (Wildman–Crippen LogP) is 3.43. The summed E-state index contributed by atoms with van der Waals surface area (Å²) in [6.07, 6.45) is 0. The molecule has 0 unspecified atom stereocenters. The normalized spacial score (nSPS) is 10.1. The Kier molecular flexibility index (Phi) is 4.00. The van der Waals surface area contributed by atoms with Gasteiger partial charge in [0.25, 0.3) is 5.91 Å². The summed E-state index contributed by atoms with van der Waals surface area (Å²) in [5.41, 5.74) is -0.402. The van der Waals surface area contributed by atoms with Gasteiger partial charge in [0, 0.05) is 0 Å². The molecule has 0 aliphatic heterocycles. The van der Waals surface area contributed by atoms with E-state index in [2.05, 4.69) is 5.32 Å². The van der Waals surface area contributed by atoms with Crippen LogP contribution in [-0.4, -0.2) is 17.0 Å². The minimum Gasteiger partial charge on any atom is -0.478 e. The molecule has 20 heavy (non-hydrogen) atoms. The molecule has 2 aromatic rings. The molecule has 2 N–H and O–H groups in total. The first-order chi connectivity index (χ1) is 9.50. The molecule has 0 spiro atoms. The molecule has 6 heteroatoms.